The van der Waals surface area contributed by atoms with Crippen LogP contribution in [0.2, 0.25) is 0 Å². The maximum Gasteiger partial charge on any atom is 0.190 e. The molecule has 0 saturated carbocycles. The Labute approximate surface area is 106 Å². The lowest BCUT2D eigenvalue weighted by atomic mass is 10.1. The van der Waals surface area contributed by atoms with Crippen molar-refractivity contribution in [1.82, 2.24) is 9.89 Å². The van der Waals surface area contributed by atoms with E-state index in [1.807, 2.05) is 13.0 Å². The van der Waals surface area contributed by atoms with Gasteiger partial charge in [-0.25, -0.2) is 0 Å². The van der Waals surface area contributed by atoms with Crippen LogP contribution in [0.25, 0.3) is 0 Å². The van der Waals surface area contributed by atoms with E-state index in [1.54, 1.807) is 6.07 Å². The number of ether oxygens (including phenoxy) is 1. The van der Waals surface area contributed by atoms with Crippen molar-refractivity contribution in [1.29, 1.82) is 0 Å². The SMILES string of the molecule is CCOC1CCN(c2cc/c(=N/N)n(N)n2)CC1. The highest BCUT2D eigenvalue weighted by molar-refractivity contribution is 5.36. The van der Waals surface area contributed by atoms with Crippen LogP contribution < -0.4 is 22.1 Å². The summed E-state index contributed by atoms with van der Waals surface area (Å²) < 4.78 is 5.62. The molecular weight excluding hydrogens is 232 g/mol. The Hall–Kier alpha value is -1.76. The molecule has 0 unspecified atom stereocenters. The molecule has 1 fully saturated rings. The molecule has 7 nitrogen and oxygen atoms in total. The number of piperidine rings is 1. The molecule has 4 N–H and O–H groups in total. The first kappa shape index (κ1) is 12.7. The molecule has 0 aromatic carbocycles. The molecule has 1 aromatic rings. The number of nitrogens with zero attached hydrogens (tertiary/aromatic N) is 4. The van der Waals surface area contributed by atoms with E-state index in [0.29, 0.717) is 11.6 Å². The van der Waals surface area contributed by atoms with Crippen LogP contribution in [-0.4, -0.2) is 35.7 Å². The predicted octanol–water partition coefficient (Wildman–Crippen LogP) is -0.623. The van der Waals surface area contributed by atoms with E-state index >= 15 is 0 Å². The first-order valence-corrected chi connectivity index (χ1v) is 6.20. The van der Waals surface area contributed by atoms with E-state index in [4.69, 9.17) is 16.4 Å². The largest absolute Gasteiger partial charge is 0.378 e. The smallest absolute Gasteiger partial charge is 0.190 e. The summed E-state index contributed by atoms with van der Waals surface area (Å²) in [7, 11) is 0. The lowest BCUT2D eigenvalue weighted by Crippen LogP contribution is -2.40. The van der Waals surface area contributed by atoms with Gasteiger partial charge in [0.15, 0.2) is 11.3 Å². The van der Waals surface area contributed by atoms with Crippen molar-refractivity contribution in [2.75, 3.05) is 30.4 Å². The van der Waals surface area contributed by atoms with Crippen LogP contribution in [0.5, 0.6) is 0 Å². The third-order valence-corrected chi connectivity index (χ3v) is 3.13. The molecule has 1 aliphatic rings. The van der Waals surface area contributed by atoms with E-state index < -0.39 is 0 Å². The third-order valence-electron chi connectivity index (χ3n) is 3.13. The molecule has 0 amide bonds. The van der Waals surface area contributed by atoms with E-state index in [2.05, 4.69) is 15.1 Å². The molecular formula is C11H20N6O. The predicted molar refractivity (Wildman–Crippen MR) is 69.0 cm³/mol. The first-order valence-electron chi connectivity index (χ1n) is 6.20. The molecule has 7 heteroatoms. The van der Waals surface area contributed by atoms with Crippen molar-refractivity contribution in [3.63, 3.8) is 0 Å². The van der Waals surface area contributed by atoms with Crippen LogP contribution in [0.1, 0.15) is 19.8 Å². The molecule has 18 heavy (non-hydrogen) atoms. The topological polar surface area (TPSA) is 94.7 Å². The van der Waals surface area contributed by atoms with E-state index in [9.17, 15) is 0 Å². The van der Waals surface area contributed by atoms with Gasteiger partial charge >= 0.3 is 0 Å². The van der Waals surface area contributed by atoms with Gasteiger partial charge in [0.2, 0.25) is 0 Å². The highest BCUT2D eigenvalue weighted by Crippen LogP contribution is 2.18. The fourth-order valence-corrected chi connectivity index (χ4v) is 2.18. The molecule has 0 bridgehead atoms. The molecule has 1 aromatic heterocycles. The Morgan fingerprint density at radius 2 is 2.17 bits per heavy atom. The molecule has 0 radical (unpaired) electrons. The maximum atomic E-state index is 5.69. The van der Waals surface area contributed by atoms with Gasteiger partial charge in [0.25, 0.3) is 0 Å². The summed E-state index contributed by atoms with van der Waals surface area (Å²) in [5.74, 6) is 11.7. The fourth-order valence-electron chi connectivity index (χ4n) is 2.18. The average molecular weight is 252 g/mol. The summed E-state index contributed by atoms with van der Waals surface area (Å²) in [4.78, 5) is 3.39. The van der Waals surface area contributed by atoms with Crippen molar-refractivity contribution in [3.05, 3.63) is 17.6 Å². The molecule has 100 valence electrons. The molecule has 1 saturated heterocycles. The minimum atomic E-state index is 0.370. The van der Waals surface area contributed by atoms with Gasteiger partial charge in [-0.05, 0) is 31.9 Å². The van der Waals surface area contributed by atoms with Gasteiger partial charge in [-0.15, -0.1) is 5.10 Å². The summed E-state index contributed by atoms with van der Waals surface area (Å²) in [6.45, 7) is 4.66. The van der Waals surface area contributed by atoms with Gasteiger partial charge < -0.3 is 21.3 Å². The molecule has 0 spiro atoms. The van der Waals surface area contributed by atoms with Crippen molar-refractivity contribution < 1.29 is 4.74 Å². The number of anilines is 1. The van der Waals surface area contributed by atoms with Crippen LogP contribution in [0.3, 0.4) is 0 Å². The Balaban J connectivity index is 2.03. The number of nitrogens with two attached hydrogens (primary N) is 2. The van der Waals surface area contributed by atoms with Gasteiger partial charge in [-0.2, -0.15) is 9.89 Å². The van der Waals surface area contributed by atoms with Crippen LogP contribution in [0.4, 0.5) is 5.82 Å². The lowest BCUT2D eigenvalue weighted by Gasteiger charge is -2.32. The fraction of sp³-hybridized carbons (Fsp3) is 0.636. The average Bonchev–Trinajstić information content (AvgIpc) is 2.40. The summed E-state index contributed by atoms with van der Waals surface area (Å²) in [6, 6.07) is 3.65. The second-order valence-corrected chi connectivity index (χ2v) is 4.27. The number of aromatic nitrogens is 2. The number of nitrogen functional groups attached to an aromatic ring is 1. The maximum absolute atomic E-state index is 5.69. The Bertz CT molecular complexity index is 449. The highest BCUT2D eigenvalue weighted by Gasteiger charge is 2.20. The minimum Gasteiger partial charge on any atom is -0.378 e. The number of hydrogen-bond donors (Lipinski definition) is 2. The van der Waals surface area contributed by atoms with Gasteiger partial charge in [0.1, 0.15) is 0 Å². The normalized spacial score (nSPS) is 18.3. The van der Waals surface area contributed by atoms with E-state index in [0.717, 1.165) is 38.4 Å². The summed E-state index contributed by atoms with van der Waals surface area (Å²) in [6.07, 6.45) is 2.40. The van der Waals surface area contributed by atoms with E-state index in [1.165, 1.54) is 4.79 Å². The van der Waals surface area contributed by atoms with Gasteiger partial charge in [-0.1, -0.05) is 0 Å². The first-order chi connectivity index (χ1) is 8.74. The third kappa shape index (κ3) is 2.73. The summed E-state index contributed by atoms with van der Waals surface area (Å²) in [5, 5.41) is 7.77. The quantitative estimate of drug-likeness (QED) is 0.552. The molecule has 2 heterocycles. The lowest BCUT2D eigenvalue weighted by molar-refractivity contribution is 0.0458. The van der Waals surface area contributed by atoms with Gasteiger partial charge in [0, 0.05) is 19.7 Å². The Morgan fingerprint density at radius 1 is 1.44 bits per heavy atom. The zero-order chi connectivity index (χ0) is 13.0. The Morgan fingerprint density at radius 3 is 2.72 bits per heavy atom. The number of hydrogen-bond acceptors (Lipinski definition) is 6. The zero-order valence-corrected chi connectivity index (χ0v) is 10.6. The molecule has 1 aliphatic heterocycles. The Kier molecular flexibility index (Phi) is 4.03. The standard InChI is InChI=1S/C11H20N6O/c1-2-18-9-5-7-16(8-6-9)11-4-3-10(14-12)17(13)15-11/h3-4,9H,2,5-8,12-13H2,1H3/b14-10-. The molecule has 2 rings (SSSR count). The van der Waals surface area contributed by atoms with Gasteiger partial charge in [-0.3, -0.25) is 0 Å². The van der Waals surface area contributed by atoms with Crippen LogP contribution >= 0.6 is 0 Å². The van der Waals surface area contributed by atoms with Gasteiger partial charge in [0.05, 0.1) is 6.10 Å². The van der Waals surface area contributed by atoms with Crippen molar-refractivity contribution in [2.24, 2.45) is 10.9 Å². The van der Waals surface area contributed by atoms with Crippen LogP contribution in [0.15, 0.2) is 17.2 Å². The minimum absolute atomic E-state index is 0.370. The second kappa shape index (κ2) is 5.72. The van der Waals surface area contributed by atoms with Crippen LogP contribution in [0, 0.1) is 0 Å². The highest BCUT2D eigenvalue weighted by atomic mass is 16.5. The van der Waals surface area contributed by atoms with Crippen molar-refractivity contribution in [2.45, 2.75) is 25.9 Å². The second-order valence-electron chi connectivity index (χ2n) is 4.27. The van der Waals surface area contributed by atoms with Crippen molar-refractivity contribution >= 4 is 5.82 Å². The van der Waals surface area contributed by atoms with Crippen molar-refractivity contribution in [3.8, 4) is 0 Å². The number of rotatable bonds is 3. The molecule has 0 aliphatic carbocycles. The zero-order valence-electron chi connectivity index (χ0n) is 10.6. The molecule has 0 atom stereocenters. The van der Waals surface area contributed by atoms with E-state index in [-0.39, 0.29) is 0 Å². The summed E-state index contributed by atoms with van der Waals surface area (Å²) >= 11 is 0. The van der Waals surface area contributed by atoms with Crippen LogP contribution in [-0.2, 0) is 4.74 Å². The summed E-state index contributed by atoms with van der Waals surface area (Å²) in [5.41, 5.74) is 0.447. The monoisotopic (exact) mass is 252 g/mol.